The van der Waals surface area contributed by atoms with Crippen LogP contribution in [-0.2, 0) is 9.53 Å². The number of aliphatic imine (C=N–C) groups is 1. The van der Waals surface area contributed by atoms with Crippen LogP contribution < -0.4 is 10.7 Å². The van der Waals surface area contributed by atoms with Gasteiger partial charge < -0.3 is 10.1 Å². The number of nitrogens with one attached hydrogen (secondary N) is 2. The molecular formula is C18H26N4O2S. The molecule has 0 unspecified atom stereocenters. The lowest BCUT2D eigenvalue weighted by atomic mass is 10.1. The number of methoxy groups -OCH3 is 1. The van der Waals surface area contributed by atoms with E-state index >= 15 is 0 Å². The molecule has 7 heteroatoms. The molecule has 25 heavy (non-hydrogen) atoms. The topological polar surface area (TPSA) is 75.1 Å². The number of thioether (sulfide) groups is 1. The lowest BCUT2D eigenvalue weighted by molar-refractivity contribution is -0.116. The van der Waals surface area contributed by atoms with Gasteiger partial charge in [-0.2, -0.15) is 5.10 Å². The van der Waals surface area contributed by atoms with E-state index in [-0.39, 0.29) is 11.9 Å². The van der Waals surface area contributed by atoms with Crippen LogP contribution in [0.4, 0.5) is 5.69 Å². The van der Waals surface area contributed by atoms with Crippen LogP contribution in [0.2, 0.25) is 0 Å². The van der Waals surface area contributed by atoms with Crippen molar-refractivity contribution in [2.75, 3.05) is 24.8 Å². The van der Waals surface area contributed by atoms with Crippen molar-refractivity contribution in [1.82, 2.24) is 5.43 Å². The number of anilines is 1. The smallest absolute Gasteiger partial charge is 0.224 e. The van der Waals surface area contributed by atoms with Gasteiger partial charge in [0, 0.05) is 25.0 Å². The van der Waals surface area contributed by atoms with Gasteiger partial charge in [0.1, 0.15) is 0 Å². The lowest BCUT2D eigenvalue weighted by Crippen LogP contribution is -2.27. The quantitative estimate of drug-likeness (QED) is 0.781. The molecule has 1 heterocycles. The van der Waals surface area contributed by atoms with Crippen LogP contribution in [0.5, 0.6) is 0 Å². The number of benzene rings is 1. The number of hydrogen-bond acceptors (Lipinski definition) is 5. The van der Waals surface area contributed by atoms with Crippen molar-refractivity contribution in [3.05, 3.63) is 29.8 Å². The standard InChI is InChI=1S/C18H26N4O2S/c1-12(2)9-17(23)20-15-7-5-14(6-8-15)16-11-25-18(22-21-16)19-13(3)10-24-4/h5-8,12-13H,9-11H2,1-4H3,(H,19,22)(H,20,23)/t13-/m0/s1. The van der Waals surface area contributed by atoms with E-state index in [4.69, 9.17) is 4.74 Å². The fourth-order valence-electron chi connectivity index (χ4n) is 2.34. The summed E-state index contributed by atoms with van der Waals surface area (Å²) < 4.78 is 5.09. The van der Waals surface area contributed by atoms with E-state index in [1.165, 1.54) is 0 Å². The number of hydrogen-bond donors (Lipinski definition) is 2. The first-order valence-corrected chi connectivity index (χ1v) is 9.39. The molecule has 1 aliphatic rings. The molecule has 6 nitrogen and oxygen atoms in total. The zero-order valence-electron chi connectivity index (χ0n) is 15.2. The van der Waals surface area contributed by atoms with Gasteiger partial charge in [-0.1, -0.05) is 37.7 Å². The zero-order valence-corrected chi connectivity index (χ0v) is 16.0. The summed E-state index contributed by atoms with van der Waals surface area (Å²) in [7, 11) is 1.67. The third kappa shape index (κ3) is 6.51. The first-order valence-electron chi connectivity index (χ1n) is 8.40. The van der Waals surface area contributed by atoms with E-state index in [2.05, 4.69) is 20.8 Å². The van der Waals surface area contributed by atoms with E-state index in [0.29, 0.717) is 18.9 Å². The number of carbonyl (C=O) groups is 1. The average Bonchev–Trinajstić information content (AvgIpc) is 2.56. The maximum atomic E-state index is 11.8. The van der Waals surface area contributed by atoms with E-state index in [0.717, 1.165) is 27.9 Å². The number of rotatable bonds is 7. The third-order valence-corrected chi connectivity index (χ3v) is 4.36. The molecular weight excluding hydrogens is 336 g/mol. The summed E-state index contributed by atoms with van der Waals surface area (Å²) in [5, 5.41) is 8.14. The third-order valence-electron chi connectivity index (χ3n) is 3.47. The second-order valence-electron chi connectivity index (χ2n) is 6.42. The van der Waals surface area contributed by atoms with Crippen molar-refractivity contribution in [1.29, 1.82) is 0 Å². The van der Waals surface area contributed by atoms with E-state index in [9.17, 15) is 4.79 Å². The highest BCUT2D eigenvalue weighted by molar-refractivity contribution is 8.14. The van der Waals surface area contributed by atoms with Crippen LogP contribution in [0.1, 0.15) is 32.8 Å². The van der Waals surface area contributed by atoms with E-state index in [1.807, 2.05) is 45.0 Å². The molecule has 136 valence electrons. The minimum absolute atomic E-state index is 0.0426. The summed E-state index contributed by atoms with van der Waals surface area (Å²) in [5.74, 6) is 1.15. The Bertz CT molecular complexity index is 641. The predicted octanol–water partition coefficient (Wildman–Crippen LogP) is 3.10. The van der Waals surface area contributed by atoms with Crippen molar-refractivity contribution >= 4 is 34.2 Å². The molecule has 0 aliphatic carbocycles. The molecule has 1 aromatic carbocycles. The van der Waals surface area contributed by atoms with Gasteiger partial charge in [0.25, 0.3) is 0 Å². The van der Waals surface area contributed by atoms with Crippen LogP contribution in [0.15, 0.2) is 34.4 Å². The largest absolute Gasteiger partial charge is 0.382 e. The predicted molar refractivity (Wildman–Crippen MR) is 105 cm³/mol. The molecule has 0 radical (unpaired) electrons. The number of nitrogens with zero attached hydrogens (tertiary/aromatic N) is 2. The molecule has 1 amide bonds. The van der Waals surface area contributed by atoms with E-state index < -0.39 is 0 Å². The van der Waals surface area contributed by atoms with Crippen LogP contribution >= 0.6 is 11.8 Å². The molecule has 1 aliphatic heterocycles. The Morgan fingerprint density at radius 2 is 2.08 bits per heavy atom. The number of ether oxygens (including phenoxy) is 1. The Morgan fingerprint density at radius 1 is 1.36 bits per heavy atom. The van der Waals surface area contributed by atoms with Crippen LogP contribution in [0.3, 0.4) is 0 Å². The summed E-state index contributed by atoms with van der Waals surface area (Å²) in [5.41, 5.74) is 5.80. The monoisotopic (exact) mass is 362 g/mol. The van der Waals surface area contributed by atoms with Crippen molar-refractivity contribution in [3.63, 3.8) is 0 Å². The summed E-state index contributed by atoms with van der Waals surface area (Å²) >= 11 is 1.62. The summed E-state index contributed by atoms with van der Waals surface area (Å²) in [6.45, 7) is 6.65. The number of carbonyl (C=O) groups excluding carboxylic acids is 1. The first-order chi connectivity index (χ1) is 12.0. The second-order valence-corrected chi connectivity index (χ2v) is 7.39. The van der Waals surface area contributed by atoms with Crippen molar-refractivity contribution in [3.8, 4) is 0 Å². The normalized spacial score (nSPS) is 17.2. The highest BCUT2D eigenvalue weighted by Gasteiger charge is 2.14. The highest BCUT2D eigenvalue weighted by atomic mass is 32.2. The Kier molecular flexibility index (Phi) is 7.46. The van der Waals surface area contributed by atoms with Crippen molar-refractivity contribution in [2.24, 2.45) is 16.0 Å². The van der Waals surface area contributed by atoms with Gasteiger partial charge in [-0.3, -0.25) is 15.2 Å². The van der Waals surface area contributed by atoms with Crippen LogP contribution in [0.25, 0.3) is 0 Å². The maximum Gasteiger partial charge on any atom is 0.224 e. The van der Waals surface area contributed by atoms with Gasteiger partial charge in [0.15, 0.2) is 5.17 Å². The average molecular weight is 362 g/mol. The molecule has 0 bridgehead atoms. The summed E-state index contributed by atoms with van der Waals surface area (Å²) in [6.07, 6.45) is 0.526. The Labute approximate surface area is 153 Å². The molecule has 2 rings (SSSR count). The van der Waals surface area contributed by atoms with Gasteiger partial charge in [0.2, 0.25) is 5.91 Å². The Balaban J connectivity index is 1.94. The molecule has 2 N–H and O–H groups in total. The second kappa shape index (κ2) is 9.58. The Hall–Kier alpha value is -1.86. The fraction of sp³-hybridized carbons (Fsp3) is 0.500. The molecule has 1 aromatic rings. The molecule has 0 saturated carbocycles. The van der Waals surface area contributed by atoms with Crippen LogP contribution in [-0.4, -0.2) is 42.3 Å². The molecule has 1 atom stereocenters. The molecule has 0 fully saturated rings. The molecule has 0 aromatic heterocycles. The number of amidine groups is 1. The number of hydrazone groups is 1. The van der Waals surface area contributed by atoms with Gasteiger partial charge in [-0.05, 0) is 30.5 Å². The summed E-state index contributed by atoms with van der Waals surface area (Å²) in [6, 6.07) is 7.87. The Morgan fingerprint density at radius 3 is 2.64 bits per heavy atom. The highest BCUT2D eigenvalue weighted by Crippen LogP contribution is 2.17. The molecule has 0 spiro atoms. The van der Waals surface area contributed by atoms with Gasteiger partial charge in [-0.25, -0.2) is 0 Å². The van der Waals surface area contributed by atoms with E-state index in [1.54, 1.807) is 18.9 Å². The van der Waals surface area contributed by atoms with Gasteiger partial charge in [-0.15, -0.1) is 0 Å². The first kappa shape index (κ1) is 19.5. The fourth-order valence-corrected chi connectivity index (χ4v) is 3.21. The maximum absolute atomic E-state index is 11.8. The SMILES string of the molecule is COC[C@H](C)N=C1NN=C(c2ccc(NC(=O)CC(C)C)cc2)CS1. The van der Waals surface area contributed by atoms with Crippen LogP contribution in [0, 0.1) is 5.92 Å². The molecule has 0 saturated heterocycles. The minimum Gasteiger partial charge on any atom is -0.382 e. The zero-order chi connectivity index (χ0) is 18.2. The minimum atomic E-state index is 0.0426. The summed E-state index contributed by atoms with van der Waals surface area (Å²) in [4.78, 5) is 16.3. The number of amides is 1. The lowest BCUT2D eigenvalue weighted by Gasteiger charge is -2.16. The van der Waals surface area contributed by atoms with Gasteiger partial charge in [0.05, 0.1) is 18.4 Å². The van der Waals surface area contributed by atoms with Gasteiger partial charge >= 0.3 is 0 Å². The van der Waals surface area contributed by atoms with Crippen molar-refractivity contribution < 1.29 is 9.53 Å². The van der Waals surface area contributed by atoms with Crippen molar-refractivity contribution in [2.45, 2.75) is 33.2 Å².